The first kappa shape index (κ1) is 19.2. The third kappa shape index (κ3) is 5.47. The van der Waals surface area contributed by atoms with Gasteiger partial charge in [0.05, 0.1) is 12.4 Å². The van der Waals surface area contributed by atoms with E-state index in [0.29, 0.717) is 21.2 Å². The van der Waals surface area contributed by atoms with Crippen molar-refractivity contribution in [1.29, 1.82) is 0 Å². The maximum Gasteiger partial charge on any atom is 0.190 e. The van der Waals surface area contributed by atoms with E-state index in [1.807, 2.05) is 0 Å². The molecule has 0 radical (unpaired) electrons. The molecule has 0 bridgehead atoms. The number of aromatic hydroxyl groups is 2. The van der Waals surface area contributed by atoms with E-state index < -0.39 is 0 Å². The summed E-state index contributed by atoms with van der Waals surface area (Å²) in [4.78, 5) is 0. The summed E-state index contributed by atoms with van der Waals surface area (Å²) in [5.74, 6) is -0.399. The van der Waals surface area contributed by atoms with Gasteiger partial charge in [0.2, 0.25) is 0 Å². The van der Waals surface area contributed by atoms with Crippen LogP contribution in [0.15, 0.2) is 56.8 Å². The Labute approximate surface area is 158 Å². The number of hydrogen-bond donors (Lipinski definition) is 4. The first-order valence-electron chi connectivity index (χ1n) is 7.07. The van der Waals surface area contributed by atoms with Crippen LogP contribution in [0.4, 0.5) is 0 Å². The van der Waals surface area contributed by atoms with E-state index in [-0.39, 0.29) is 23.2 Å². The molecule has 0 spiro atoms. The Kier molecular flexibility index (Phi) is 6.54. The summed E-state index contributed by atoms with van der Waals surface area (Å²) in [6, 6.07) is 8.92. The molecule has 2 aromatic rings. The van der Waals surface area contributed by atoms with E-state index >= 15 is 0 Å². The van der Waals surface area contributed by atoms with Gasteiger partial charge in [-0.1, -0.05) is 23.2 Å². The number of amidine groups is 2. The molecule has 2 aromatic carbocycles. The number of phenolic OH excluding ortho intramolecular Hbond substituents is 2. The van der Waals surface area contributed by atoms with Crippen molar-refractivity contribution in [2.45, 2.75) is 0 Å². The van der Waals surface area contributed by atoms with E-state index in [1.54, 1.807) is 0 Å². The van der Waals surface area contributed by atoms with Crippen molar-refractivity contribution < 1.29 is 10.2 Å². The predicted molar refractivity (Wildman–Crippen MR) is 105 cm³/mol. The zero-order valence-corrected chi connectivity index (χ0v) is 14.7. The standard InChI is InChI=1S/C16H14Cl2N6O2/c17-11-1-3-13(25)9(5-11)7-21-23-15(19)16(20)24-22-8-10-6-12(18)2-4-14(10)26/h1-8,25-26H,(H2,19,23)(H2,20,24). The van der Waals surface area contributed by atoms with Gasteiger partial charge in [-0.15, -0.1) is 10.2 Å². The molecular formula is C16H14Cl2N6O2. The molecule has 0 atom stereocenters. The molecule has 0 aliphatic heterocycles. The van der Waals surface area contributed by atoms with Crippen LogP contribution < -0.4 is 11.5 Å². The van der Waals surface area contributed by atoms with E-state index in [1.165, 1.54) is 48.8 Å². The summed E-state index contributed by atoms with van der Waals surface area (Å²) in [7, 11) is 0. The summed E-state index contributed by atoms with van der Waals surface area (Å²) >= 11 is 11.6. The van der Waals surface area contributed by atoms with Gasteiger partial charge in [0.25, 0.3) is 0 Å². The summed E-state index contributed by atoms with van der Waals surface area (Å²) < 4.78 is 0. The maximum absolute atomic E-state index is 9.65. The lowest BCUT2D eigenvalue weighted by Gasteiger charge is -1.98. The van der Waals surface area contributed by atoms with E-state index in [9.17, 15) is 10.2 Å². The second kappa shape index (κ2) is 8.84. The Morgan fingerprint density at radius 1 is 0.769 bits per heavy atom. The van der Waals surface area contributed by atoms with Gasteiger partial charge in [0.1, 0.15) is 11.5 Å². The fraction of sp³-hybridized carbons (Fsp3) is 0. The molecule has 0 saturated carbocycles. The van der Waals surface area contributed by atoms with Crippen LogP contribution in [0.2, 0.25) is 10.0 Å². The largest absolute Gasteiger partial charge is 0.507 e. The van der Waals surface area contributed by atoms with Crippen LogP contribution >= 0.6 is 23.2 Å². The monoisotopic (exact) mass is 392 g/mol. The summed E-state index contributed by atoms with van der Waals surface area (Å²) in [5, 5.41) is 34.9. The minimum atomic E-state index is -0.185. The van der Waals surface area contributed by atoms with Crippen LogP contribution in [0.25, 0.3) is 0 Å². The molecule has 0 aliphatic carbocycles. The van der Waals surface area contributed by atoms with Crippen molar-refractivity contribution >= 4 is 47.3 Å². The van der Waals surface area contributed by atoms with Crippen LogP contribution in [0, 0.1) is 0 Å². The number of halogens is 2. The highest BCUT2D eigenvalue weighted by atomic mass is 35.5. The van der Waals surface area contributed by atoms with Crippen molar-refractivity contribution in [3.8, 4) is 11.5 Å². The van der Waals surface area contributed by atoms with Gasteiger partial charge in [-0.2, -0.15) is 10.2 Å². The molecule has 2 rings (SSSR count). The highest BCUT2D eigenvalue weighted by Gasteiger charge is 2.01. The second-order valence-electron chi connectivity index (χ2n) is 4.87. The molecule has 10 heteroatoms. The lowest BCUT2D eigenvalue weighted by Crippen LogP contribution is -2.30. The normalized spacial score (nSPS) is 13.0. The van der Waals surface area contributed by atoms with Crippen molar-refractivity contribution in [1.82, 2.24) is 0 Å². The molecule has 134 valence electrons. The summed E-state index contributed by atoms with van der Waals surface area (Å²) in [6.07, 6.45) is 2.52. The van der Waals surface area contributed by atoms with Crippen LogP contribution in [-0.4, -0.2) is 34.3 Å². The molecule has 0 aromatic heterocycles. The quantitative estimate of drug-likeness (QED) is 0.360. The molecule has 26 heavy (non-hydrogen) atoms. The van der Waals surface area contributed by atoms with E-state index in [4.69, 9.17) is 34.7 Å². The second-order valence-corrected chi connectivity index (χ2v) is 5.74. The summed E-state index contributed by atoms with van der Waals surface area (Å²) in [5.41, 5.74) is 12.0. The average molecular weight is 393 g/mol. The van der Waals surface area contributed by atoms with Gasteiger partial charge in [0.15, 0.2) is 11.7 Å². The van der Waals surface area contributed by atoms with Crippen LogP contribution in [-0.2, 0) is 0 Å². The Bertz CT molecular complexity index is 849. The fourth-order valence-electron chi connectivity index (χ4n) is 1.67. The van der Waals surface area contributed by atoms with Crippen LogP contribution in [0.5, 0.6) is 11.5 Å². The molecule has 0 unspecified atom stereocenters. The van der Waals surface area contributed by atoms with Crippen molar-refractivity contribution in [2.24, 2.45) is 31.9 Å². The average Bonchev–Trinajstić information content (AvgIpc) is 2.60. The fourth-order valence-corrected chi connectivity index (χ4v) is 2.03. The highest BCUT2D eigenvalue weighted by molar-refractivity contribution is 6.39. The molecule has 0 heterocycles. The first-order chi connectivity index (χ1) is 12.4. The zero-order chi connectivity index (χ0) is 19.1. The molecule has 6 N–H and O–H groups in total. The molecule has 0 fully saturated rings. The Balaban J connectivity index is 2.09. The molecule has 0 saturated heterocycles. The Hall–Kier alpha value is -3.10. The lowest BCUT2D eigenvalue weighted by atomic mass is 10.2. The van der Waals surface area contributed by atoms with Gasteiger partial charge in [-0.05, 0) is 36.4 Å². The van der Waals surface area contributed by atoms with Gasteiger partial charge < -0.3 is 21.7 Å². The van der Waals surface area contributed by atoms with Gasteiger partial charge in [-0.25, -0.2) is 0 Å². The predicted octanol–water partition coefficient (Wildman–Crippen LogP) is 2.49. The van der Waals surface area contributed by atoms with E-state index in [0.717, 1.165) is 0 Å². The maximum atomic E-state index is 9.65. The van der Waals surface area contributed by atoms with Crippen LogP contribution in [0.1, 0.15) is 11.1 Å². The van der Waals surface area contributed by atoms with Crippen molar-refractivity contribution in [3.05, 3.63) is 57.6 Å². The number of benzene rings is 2. The van der Waals surface area contributed by atoms with Crippen LogP contribution in [0.3, 0.4) is 0 Å². The van der Waals surface area contributed by atoms with Crippen molar-refractivity contribution in [2.75, 3.05) is 0 Å². The number of nitrogens with zero attached hydrogens (tertiary/aromatic N) is 4. The lowest BCUT2D eigenvalue weighted by molar-refractivity contribution is 0.474. The number of rotatable bonds is 4. The van der Waals surface area contributed by atoms with Gasteiger partial charge in [-0.3, -0.25) is 0 Å². The Morgan fingerprint density at radius 2 is 1.15 bits per heavy atom. The smallest absolute Gasteiger partial charge is 0.190 e. The number of phenols is 2. The minimum absolute atomic E-state index is 0.0144. The molecule has 8 nitrogen and oxygen atoms in total. The SMILES string of the molecule is NC(=NN=Cc1cc(Cl)ccc1O)C(N)=NN=Cc1cc(Cl)ccc1O. The highest BCUT2D eigenvalue weighted by Crippen LogP contribution is 2.20. The van der Waals surface area contributed by atoms with Crippen molar-refractivity contribution in [3.63, 3.8) is 0 Å². The topological polar surface area (TPSA) is 142 Å². The van der Waals surface area contributed by atoms with Gasteiger partial charge in [0, 0.05) is 21.2 Å². The minimum Gasteiger partial charge on any atom is -0.507 e. The van der Waals surface area contributed by atoms with E-state index in [2.05, 4.69) is 20.4 Å². The third-order valence-electron chi connectivity index (χ3n) is 2.97. The number of hydrogen-bond acceptors (Lipinski definition) is 6. The number of nitrogens with two attached hydrogens (primary N) is 2. The Morgan fingerprint density at radius 3 is 1.54 bits per heavy atom. The summed E-state index contributed by atoms with van der Waals surface area (Å²) in [6.45, 7) is 0. The molecule has 0 aliphatic rings. The zero-order valence-electron chi connectivity index (χ0n) is 13.2. The third-order valence-corrected chi connectivity index (χ3v) is 3.44. The molecule has 0 amide bonds. The van der Waals surface area contributed by atoms with Gasteiger partial charge >= 0.3 is 0 Å². The first-order valence-corrected chi connectivity index (χ1v) is 7.83. The molecular weight excluding hydrogens is 379 g/mol.